The summed E-state index contributed by atoms with van der Waals surface area (Å²) in [6.45, 7) is 2.22. The Morgan fingerprint density at radius 1 is 1.06 bits per heavy atom. The highest BCUT2D eigenvalue weighted by atomic mass is 79.9. The molecule has 0 amide bonds. The van der Waals surface area contributed by atoms with Gasteiger partial charge in [0.25, 0.3) is 0 Å². The Morgan fingerprint density at radius 2 is 1.78 bits per heavy atom. The van der Waals surface area contributed by atoms with E-state index in [1.807, 2.05) is 0 Å². The minimum atomic E-state index is 0.171. The van der Waals surface area contributed by atoms with Crippen molar-refractivity contribution >= 4 is 26.7 Å². The fourth-order valence-corrected chi connectivity index (χ4v) is 2.63. The number of nitrogens with two attached hydrogens (primary N) is 1. The lowest BCUT2D eigenvalue weighted by atomic mass is 9.98. The van der Waals surface area contributed by atoms with E-state index in [1.165, 1.54) is 35.6 Å². The van der Waals surface area contributed by atoms with Crippen LogP contribution in [0, 0.1) is 0 Å². The highest BCUT2D eigenvalue weighted by molar-refractivity contribution is 9.10. The fraction of sp³-hybridized carbons (Fsp3) is 0.375. The average Bonchev–Trinajstić information content (AvgIpc) is 2.38. The molecule has 0 radical (unpaired) electrons. The molecule has 2 aromatic rings. The molecule has 0 fully saturated rings. The van der Waals surface area contributed by atoms with Crippen molar-refractivity contribution in [2.24, 2.45) is 5.73 Å². The van der Waals surface area contributed by atoms with Crippen molar-refractivity contribution in [3.63, 3.8) is 0 Å². The molecule has 1 nitrogen and oxygen atoms in total. The first-order valence-corrected chi connectivity index (χ1v) is 7.45. The third-order valence-corrected chi connectivity index (χ3v) is 3.87. The molecule has 0 saturated heterocycles. The van der Waals surface area contributed by atoms with Gasteiger partial charge in [-0.15, -0.1) is 0 Å². The van der Waals surface area contributed by atoms with Crippen molar-refractivity contribution in [1.29, 1.82) is 0 Å². The summed E-state index contributed by atoms with van der Waals surface area (Å²) in [5.41, 5.74) is 7.50. The highest BCUT2D eigenvalue weighted by Crippen LogP contribution is 2.24. The summed E-state index contributed by atoms with van der Waals surface area (Å²) < 4.78 is 1.12. The number of hydrogen-bond donors (Lipinski definition) is 1. The molecule has 1 atom stereocenters. The second-order valence-corrected chi connectivity index (χ2v) is 5.77. The molecular weight excluding hydrogens is 286 g/mol. The smallest absolute Gasteiger partial charge is 0.0295 e. The number of benzene rings is 2. The quantitative estimate of drug-likeness (QED) is 0.757. The van der Waals surface area contributed by atoms with Gasteiger partial charge in [0.05, 0.1) is 0 Å². The second kappa shape index (κ2) is 6.35. The van der Waals surface area contributed by atoms with Gasteiger partial charge in [-0.05, 0) is 41.0 Å². The van der Waals surface area contributed by atoms with E-state index in [0.717, 1.165) is 10.9 Å². The maximum Gasteiger partial charge on any atom is 0.0295 e. The summed E-state index contributed by atoms with van der Waals surface area (Å²) in [7, 11) is 0. The molecule has 96 valence electrons. The molecule has 0 aliphatic heterocycles. The van der Waals surface area contributed by atoms with Crippen molar-refractivity contribution in [2.75, 3.05) is 0 Å². The van der Waals surface area contributed by atoms with Crippen LogP contribution in [-0.4, -0.2) is 0 Å². The largest absolute Gasteiger partial charge is 0.324 e. The van der Waals surface area contributed by atoms with Crippen LogP contribution >= 0.6 is 15.9 Å². The Hall–Kier alpha value is -0.860. The van der Waals surface area contributed by atoms with Crippen LogP contribution in [0.15, 0.2) is 40.9 Å². The van der Waals surface area contributed by atoms with Crippen molar-refractivity contribution in [3.05, 3.63) is 46.4 Å². The first kappa shape index (κ1) is 13.6. The van der Waals surface area contributed by atoms with Gasteiger partial charge in [-0.2, -0.15) is 0 Å². The molecule has 0 aliphatic carbocycles. The Morgan fingerprint density at radius 3 is 2.56 bits per heavy atom. The maximum atomic E-state index is 6.25. The highest BCUT2D eigenvalue weighted by Gasteiger charge is 2.06. The van der Waals surface area contributed by atoms with Crippen LogP contribution in [0.2, 0.25) is 0 Å². The monoisotopic (exact) mass is 305 g/mol. The minimum absolute atomic E-state index is 0.171. The number of halogens is 1. The van der Waals surface area contributed by atoms with Gasteiger partial charge in [-0.25, -0.2) is 0 Å². The van der Waals surface area contributed by atoms with Crippen LogP contribution in [0.4, 0.5) is 0 Å². The average molecular weight is 306 g/mol. The van der Waals surface area contributed by atoms with Gasteiger partial charge in [0, 0.05) is 10.5 Å². The SMILES string of the molecule is CCCCCC(N)c1ccc2cc(Br)ccc2c1. The van der Waals surface area contributed by atoms with Gasteiger partial charge in [-0.3, -0.25) is 0 Å². The van der Waals surface area contributed by atoms with E-state index < -0.39 is 0 Å². The van der Waals surface area contributed by atoms with E-state index >= 15 is 0 Å². The summed E-state index contributed by atoms with van der Waals surface area (Å²) in [6.07, 6.45) is 4.82. The topological polar surface area (TPSA) is 26.0 Å². The molecule has 2 heteroatoms. The van der Waals surface area contributed by atoms with E-state index in [2.05, 4.69) is 59.3 Å². The van der Waals surface area contributed by atoms with E-state index in [0.29, 0.717) is 0 Å². The van der Waals surface area contributed by atoms with E-state index in [9.17, 15) is 0 Å². The lowest BCUT2D eigenvalue weighted by Crippen LogP contribution is -2.09. The van der Waals surface area contributed by atoms with Gasteiger partial charge >= 0.3 is 0 Å². The molecule has 18 heavy (non-hydrogen) atoms. The molecule has 0 saturated carbocycles. The Labute approximate surface area is 118 Å². The van der Waals surface area contributed by atoms with Gasteiger partial charge in [0.1, 0.15) is 0 Å². The standard InChI is InChI=1S/C16H20BrN/c1-2-3-4-5-16(18)14-7-6-13-11-15(17)9-8-12(13)10-14/h6-11,16H,2-5,18H2,1H3. The third-order valence-electron chi connectivity index (χ3n) is 3.37. The number of rotatable bonds is 5. The molecular formula is C16H20BrN. The fourth-order valence-electron chi connectivity index (χ4n) is 2.25. The Balaban J connectivity index is 2.16. The maximum absolute atomic E-state index is 6.25. The number of hydrogen-bond acceptors (Lipinski definition) is 1. The molecule has 0 aliphatic rings. The van der Waals surface area contributed by atoms with Gasteiger partial charge in [0.15, 0.2) is 0 Å². The zero-order chi connectivity index (χ0) is 13.0. The minimum Gasteiger partial charge on any atom is -0.324 e. The molecule has 0 aromatic heterocycles. The lowest BCUT2D eigenvalue weighted by Gasteiger charge is -2.12. The summed E-state index contributed by atoms with van der Waals surface area (Å²) in [5.74, 6) is 0. The van der Waals surface area contributed by atoms with Crippen molar-refractivity contribution in [2.45, 2.75) is 38.6 Å². The third kappa shape index (κ3) is 3.33. The van der Waals surface area contributed by atoms with Crippen LogP contribution in [0.3, 0.4) is 0 Å². The predicted molar refractivity (Wildman–Crippen MR) is 82.7 cm³/mol. The summed E-state index contributed by atoms with van der Waals surface area (Å²) in [4.78, 5) is 0. The predicted octanol–water partition coefficient (Wildman–Crippen LogP) is 5.18. The van der Waals surface area contributed by atoms with Crippen LogP contribution in [0.1, 0.15) is 44.2 Å². The first-order valence-electron chi connectivity index (χ1n) is 6.65. The molecule has 2 aromatic carbocycles. The molecule has 1 unspecified atom stereocenters. The summed E-state index contributed by atoms with van der Waals surface area (Å²) in [5, 5.41) is 2.52. The van der Waals surface area contributed by atoms with Crippen LogP contribution in [0.25, 0.3) is 10.8 Å². The molecule has 0 heterocycles. The number of unbranched alkanes of at least 4 members (excludes halogenated alkanes) is 2. The Kier molecular flexibility index (Phi) is 4.79. The van der Waals surface area contributed by atoms with Crippen LogP contribution in [-0.2, 0) is 0 Å². The van der Waals surface area contributed by atoms with Gasteiger partial charge in [0.2, 0.25) is 0 Å². The molecule has 2 rings (SSSR count). The van der Waals surface area contributed by atoms with Crippen molar-refractivity contribution < 1.29 is 0 Å². The zero-order valence-electron chi connectivity index (χ0n) is 10.8. The first-order chi connectivity index (χ1) is 8.70. The van der Waals surface area contributed by atoms with Gasteiger partial charge in [-0.1, -0.05) is 60.3 Å². The summed E-state index contributed by atoms with van der Waals surface area (Å²) >= 11 is 3.50. The Bertz CT molecular complexity index is 521. The lowest BCUT2D eigenvalue weighted by molar-refractivity contribution is 0.581. The van der Waals surface area contributed by atoms with Crippen molar-refractivity contribution in [3.8, 4) is 0 Å². The van der Waals surface area contributed by atoms with Crippen LogP contribution in [0.5, 0.6) is 0 Å². The zero-order valence-corrected chi connectivity index (χ0v) is 12.4. The van der Waals surface area contributed by atoms with E-state index in [-0.39, 0.29) is 6.04 Å². The normalized spacial score (nSPS) is 12.8. The summed E-state index contributed by atoms with van der Waals surface area (Å²) in [6, 6.07) is 13.1. The molecule has 2 N–H and O–H groups in total. The van der Waals surface area contributed by atoms with E-state index in [1.54, 1.807) is 0 Å². The molecule has 0 spiro atoms. The van der Waals surface area contributed by atoms with Gasteiger partial charge < -0.3 is 5.73 Å². The molecule has 0 bridgehead atoms. The van der Waals surface area contributed by atoms with Crippen molar-refractivity contribution in [1.82, 2.24) is 0 Å². The van der Waals surface area contributed by atoms with E-state index in [4.69, 9.17) is 5.73 Å². The van der Waals surface area contributed by atoms with Crippen LogP contribution < -0.4 is 5.73 Å². The second-order valence-electron chi connectivity index (χ2n) is 4.85. The number of fused-ring (bicyclic) bond motifs is 1.